The number of hydrogen-bond acceptors (Lipinski definition) is 2. The monoisotopic (exact) mass is 273 g/mol. The summed E-state index contributed by atoms with van der Waals surface area (Å²) < 4.78 is 0. The van der Waals surface area contributed by atoms with Crippen LogP contribution >= 0.6 is 23.2 Å². The van der Waals surface area contributed by atoms with E-state index in [1.165, 1.54) is 0 Å². The summed E-state index contributed by atoms with van der Waals surface area (Å²) in [6.07, 6.45) is 0.667. The lowest BCUT2D eigenvalue weighted by Gasteiger charge is -2.34. The maximum Gasteiger partial charge on any atom is 0.0637 e. The molecule has 1 aliphatic heterocycles. The van der Waals surface area contributed by atoms with E-state index in [9.17, 15) is 5.11 Å². The molecule has 94 valence electrons. The minimum absolute atomic E-state index is 0.166. The Morgan fingerprint density at radius 3 is 2.88 bits per heavy atom. The summed E-state index contributed by atoms with van der Waals surface area (Å²) in [5.41, 5.74) is 1.06. The molecular weight excluding hydrogens is 257 g/mol. The minimum Gasteiger partial charge on any atom is -0.393 e. The van der Waals surface area contributed by atoms with Crippen LogP contribution in [0.2, 0.25) is 10.0 Å². The van der Waals surface area contributed by atoms with Crippen LogP contribution in [0.3, 0.4) is 0 Å². The Labute approximate surface area is 112 Å². The highest BCUT2D eigenvalue weighted by Gasteiger charge is 2.24. The van der Waals surface area contributed by atoms with E-state index in [1.54, 1.807) is 6.07 Å². The van der Waals surface area contributed by atoms with Gasteiger partial charge in [0.05, 0.1) is 16.1 Å². The van der Waals surface area contributed by atoms with Crippen LogP contribution in [0.25, 0.3) is 0 Å². The van der Waals surface area contributed by atoms with Crippen molar-refractivity contribution < 1.29 is 5.11 Å². The van der Waals surface area contributed by atoms with Crippen LogP contribution in [-0.4, -0.2) is 29.2 Å². The molecule has 2 nitrogen and oxygen atoms in total. The number of piperidine rings is 1. The summed E-state index contributed by atoms with van der Waals surface area (Å²) >= 11 is 12.2. The van der Waals surface area contributed by atoms with E-state index in [2.05, 4.69) is 11.8 Å². The average molecular weight is 274 g/mol. The van der Waals surface area contributed by atoms with Crippen LogP contribution in [0.1, 0.15) is 18.9 Å². The normalized spacial score (nSPS) is 26.1. The first kappa shape index (κ1) is 13.2. The molecule has 0 radical (unpaired) electrons. The molecule has 1 saturated heterocycles. The molecule has 2 atom stereocenters. The zero-order valence-electron chi connectivity index (χ0n) is 9.87. The Morgan fingerprint density at radius 2 is 2.18 bits per heavy atom. The second kappa shape index (κ2) is 5.57. The summed E-state index contributed by atoms with van der Waals surface area (Å²) in [4.78, 5) is 2.31. The van der Waals surface area contributed by atoms with Gasteiger partial charge in [-0.1, -0.05) is 42.3 Å². The van der Waals surface area contributed by atoms with Gasteiger partial charge in [0.2, 0.25) is 0 Å². The highest BCUT2D eigenvalue weighted by molar-refractivity contribution is 6.42. The molecule has 0 bridgehead atoms. The molecule has 1 fully saturated rings. The van der Waals surface area contributed by atoms with Crippen molar-refractivity contribution in [1.82, 2.24) is 4.90 Å². The lowest BCUT2D eigenvalue weighted by Crippen LogP contribution is -2.41. The van der Waals surface area contributed by atoms with Crippen molar-refractivity contribution in [2.24, 2.45) is 5.92 Å². The third-order valence-corrected chi connectivity index (χ3v) is 4.23. The van der Waals surface area contributed by atoms with Crippen molar-refractivity contribution in [3.8, 4) is 0 Å². The zero-order valence-corrected chi connectivity index (χ0v) is 11.4. The van der Waals surface area contributed by atoms with Crippen molar-refractivity contribution in [3.63, 3.8) is 0 Å². The molecule has 0 aliphatic carbocycles. The number of halogens is 2. The third kappa shape index (κ3) is 3.14. The number of benzene rings is 1. The van der Waals surface area contributed by atoms with Gasteiger partial charge in [0, 0.05) is 19.6 Å². The Morgan fingerprint density at radius 1 is 1.41 bits per heavy atom. The van der Waals surface area contributed by atoms with Crippen molar-refractivity contribution >= 4 is 23.2 Å². The number of hydrogen-bond donors (Lipinski definition) is 1. The van der Waals surface area contributed by atoms with Gasteiger partial charge in [-0.15, -0.1) is 0 Å². The predicted molar refractivity (Wildman–Crippen MR) is 71.5 cm³/mol. The largest absolute Gasteiger partial charge is 0.393 e. The van der Waals surface area contributed by atoms with Crippen molar-refractivity contribution in [1.29, 1.82) is 0 Å². The van der Waals surface area contributed by atoms with E-state index in [0.29, 0.717) is 16.0 Å². The van der Waals surface area contributed by atoms with Crippen LogP contribution in [0.4, 0.5) is 0 Å². The topological polar surface area (TPSA) is 23.5 Å². The van der Waals surface area contributed by atoms with Gasteiger partial charge in [-0.05, 0) is 24.0 Å². The number of nitrogens with zero attached hydrogens (tertiary/aromatic N) is 1. The van der Waals surface area contributed by atoms with Gasteiger partial charge in [0.25, 0.3) is 0 Å². The Hall–Kier alpha value is -0.280. The summed E-state index contributed by atoms with van der Waals surface area (Å²) in [5.74, 6) is 0.321. The quantitative estimate of drug-likeness (QED) is 0.895. The van der Waals surface area contributed by atoms with Crippen molar-refractivity contribution in [2.75, 3.05) is 13.1 Å². The predicted octanol–water partition coefficient (Wildman–Crippen LogP) is 3.20. The van der Waals surface area contributed by atoms with E-state index >= 15 is 0 Å². The molecule has 1 aromatic rings. The second-order valence-electron chi connectivity index (χ2n) is 4.78. The molecule has 0 amide bonds. The first-order valence-electron chi connectivity index (χ1n) is 5.91. The fraction of sp³-hybridized carbons (Fsp3) is 0.538. The number of rotatable bonds is 2. The molecular formula is C13H17Cl2NO. The molecule has 2 unspecified atom stereocenters. The molecule has 4 heteroatoms. The summed E-state index contributed by atoms with van der Waals surface area (Å²) in [6, 6.07) is 5.73. The minimum atomic E-state index is -0.166. The lowest BCUT2D eigenvalue weighted by molar-refractivity contribution is 0.0320. The van der Waals surface area contributed by atoms with Gasteiger partial charge in [0.15, 0.2) is 0 Å². The van der Waals surface area contributed by atoms with E-state index in [0.717, 1.165) is 31.6 Å². The van der Waals surface area contributed by atoms with Crippen molar-refractivity contribution in [2.45, 2.75) is 26.0 Å². The summed E-state index contributed by atoms with van der Waals surface area (Å²) in [5, 5.41) is 10.9. The molecule has 2 rings (SSSR count). The van der Waals surface area contributed by atoms with E-state index < -0.39 is 0 Å². The summed E-state index contributed by atoms with van der Waals surface area (Å²) in [6.45, 7) is 4.70. The maximum absolute atomic E-state index is 9.69. The molecule has 17 heavy (non-hydrogen) atoms. The number of aliphatic hydroxyl groups excluding tert-OH is 1. The SMILES string of the molecule is CC1CN(Cc2cccc(Cl)c2Cl)CCC1O. The average Bonchev–Trinajstić information content (AvgIpc) is 2.30. The van der Waals surface area contributed by atoms with Crippen molar-refractivity contribution in [3.05, 3.63) is 33.8 Å². The Kier molecular flexibility index (Phi) is 4.31. The Balaban J connectivity index is 2.04. The molecule has 1 heterocycles. The highest BCUT2D eigenvalue weighted by Crippen LogP contribution is 2.27. The van der Waals surface area contributed by atoms with Crippen LogP contribution in [-0.2, 0) is 6.54 Å². The van der Waals surface area contributed by atoms with E-state index in [-0.39, 0.29) is 6.10 Å². The van der Waals surface area contributed by atoms with Gasteiger partial charge >= 0.3 is 0 Å². The Bertz CT molecular complexity index is 397. The third-order valence-electron chi connectivity index (χ3n) is 3.37. The summed E-state index contributed by atoms with van der Waals surface area (Å²) in [7, 11) is 0. The van der Waals surface area contributed by atoms with E-state index in [4.69, 9.17) is 23.2 Å². The van der Waals surface area contributed by atoms with Crippen LogP contribution in [0.5, 0.6) is 0 Å². The molecule has 0 saturated carbocycles. The molecule has 0 aromatic heterocycles. The van der Waals surface area contributed by atoms with Crippen LogP contribution in [0, 0.1) is 5.92 Å². The smallest absolute Gasteiger partial charge is 0.0637 e. The lowest BCUT2D eigenvalue weighted by atomic mass is 9.96. The molecule has 1 N–H and O–H groups in total. The highest BCUT2D eigenvalue weighted by atomic mass is 35.5. The zero-order chi connectivity index (χ0) is 12.4. The second-order valence-corrected chi connectivity index (χ2v) is 5.57. The molecule has 1 aromatic carbocycles. The van der Waals surface area contributed by atoms with Crippen LogP contribution < -0.4 is 0 Å². The molecule has 0 spiro atoms. The molecule has 1 aliphatic rings. The van der Waals surface area contributed by atoms with Gasteiger partial charge < -0.3 is 5.11 Å². The van der Waals surface area contributed by atoms with Gasteiger partial charge in [-0.25, -0.2) is 0 Å². The first-order chi connectivity index (χ1) is 8.08. The number of aliphatic hydroxyl groups is 1. The van der Waals surface area contributed by atoms with Gasteiger partial charge in [0.1, 0.15) is 0 Å². The number of likely N-dealkylation sites (tertiary alicyclic amines) is 1. The van der Waals surface area contributed by atoms with Gasteiger partial charge in [-0.2, -0.15) is 0 Å². The standard InChI is InChI=1S/C13H17Cl2NO/c1-9-7-16(6-5-12(9)17)8-10-3-2-4-11(14)13(10)15/h2-4,9,12,17H,5-8H2,1H3. The van der Waals surface area contributed by atoms with Gasteiger partial charge in [-0.3, -0.25) is 4.90 Å². The fourth-order valence-corrected chi connectivity index (χ4v) is 2.65. The fourth-order valence-electron chi connectivity index (χ4n) is 2.27. The first-order valence-corrected chi connectivity index (χ1v) is 6.67. The van der Waals surface area contributed by atoms with Crippen LogP contribution in [0.15, 0.2) is 18.2 Å². The van der Waals surface area contributed by atoms with E-state index in [1.807, 2.05) is 12.1 Å². The maximum atomic E-state index is 9.69.